The number of rotatable bonds is 5. The largest absolute Gasteiger partial charge is 0.352 e. The average Bonchev–Trinajstić information content (AvgIpc) is 2.73. The van der Waals surface area contributed by atoms with Crippen molar-refractivity contribution in [2.45, 2.75) is 51.5 Å². The Morgan fingerprint density at radius 3 is 2.76 bits per heavy atom. The smallest absolute Gasteiger partial charge is 0.243 e. The van der Waals surface area contributed by atoms with Gasteiger partial charge >= 0.3 is 0 Å². The minimum Gasteiger partial charge on any atom is -0.352 e. The highest BCUT2D eigenvalue weighted by Crippen LogP contribution is 2.17. The van der Waals surface area contributed by atoms with E-state index in [0.29, 0.717) is 12.0 Å². The first-order valence-electron chi connectivity index (χ1n) is 8.12. The summed E-state index contributed by atoms with van der Waals surface area (Å²) < 4.78 is 1.83. The van der Waals surface area contributed by atoms with Gasteiger partial charge in [0.1, 0.15) is 0 Å². The predicted octanol–water partition coefficient (Wildman–Crippen LogP) is 2.76. The number of fused-ring (bicyclic) bond motifs is 1. The van der Waals surface area contributed by atoms with Crippen molar-refractivity contribution >= 4 is 11.6 Å². The highest BCUT2D eigenvalue weighted by molar-refractivity contribution is 5.49. The molecule has 2 N–H and O–H groups in total. The van der Waals surface area contributed by atoms with Gasteiger partial charge in [0.15, 0.2) is 5.65 Å². The molecular weight excluding hydrogens is 262 g/mol. The molecule has 1 fully saturated rings. The predicted molar refractivity (Wildman–Crippen MR) is 85.7 cm³/mol. The Morgan fingerprint density at radius 2 is 2.00 bits per heavy atom. The molecule has 114 valence electrons. The maximum Gasteiger partial charge on any atom is 0.243 e. The van der Waals surface area contributed by atoms with E-state index in [1.807, 2.05) is 16.8 Å². The lowest BCUT2D eigenvalue weighted by Crippen LogP contribution is -2.32. The molecule has 0 unspecified atom stereocenters. The minimum absolute atomic E-state index is 0.700. The topological polar surface area (TPSA) is 54.2 Å². The second-order valence-electron chi connectivity index (χ2n) is 5.96. The normalized spacial score (nSPS) is 17.0. The first-order chi connectivity index (χ1) is 10.3. The van der Waals surface area contributed by atoms with Crippen LogP contribution in [0.1, 0.15) is 44.1 Å². The first-order valence-corrected chi connectivity index (χ1v) is 8.12. The van der Waals surface area contributed by atoms with Gasteiger partial charge in [0.05, 0.1) is 0 Å². The van der Waals surface area contributed by atoms with E-state index in [2.05, 4.69) is 33.7 Å². The lowest BCUT2D eigenvalue weighted by Gasteiger charge is -2.15. The van der Waals surface area contributed by atoms with Crippen molar-refractivity contribution in [2.75, 3.05) is 18.4 Å². The zero-order valence-corrected chi connectivity index (χ0v) is 12.8. The number of anilines is 1. The van der Waals surface area contributed by atoms with E-state index in [1.165, 1.54) is 38.5 Å². The van der Waals surface area contributed by atoms with Gasteiger partial charge < -0.3 is 10.6 Å². The first kappa shape index (κ1) is 14.3. The van der Waals surface area contributed by atoms with E-state index in [9.17, 15) is 0 Å². The molecule has 0 radical (unpaired) electrons. The lowest BCUT2D eigenvalue weighted by atomic mass is 10.1. The number of hydrogen-bond donors (Lipinski definition) is 2. The van der Waals surface area contributed by atoms with Crippen molar-refractivity contribution in [3.8, 4) is 0 Å². The van der Waals surface area contributed by atoms with Crippen LogP contribution in [0.2, 0.25) is 0 Å². The highest BCUT2D eigenvalue weighted by atomic mass is 15.3. The van der Waals surface area contributed by atoms with Crippen molar-refractivity contribution in [1.82, 2.24) is 19.9 Å². The summed E-state index contributed by atoms with van der Waals surface area (Å²) in [6.45, 7) is 3.90. The van der Waals surface area contributed by atoms with Crippen LogP contribution in [0, 0.1) is 6.92 Å². The van der Waals surface area contributed by atoms with Gasteiger partial charge in [0, 0.05) is 25.3 Å². The summed E-state index contributed by atoms with van der Waals surface area (Å²) in [5.74, 6) is 0.715. The third-order valence-corrected chi connectivity index (χ3v) is 4.25. The molecule has 0 aliphatic heterocycles. The second kappa shape index (κ2) is 6.89. The molecular formula is C16H25N5. The van der Waals surface area contributed by atoms with Gasteiger partial charge in [-0.25, -0.2) is 4.52 Å². The third kappa shape index (κ3) is 3.73. The number of hydrogen-bond acceptors (Lipinski definition) is 4. The monoisotopic (exact) mass is 287 g/mol. The summed E-state index contributed by atoms with van der Waals surface area (Å²) in [7, 11) is 0. The number of nitrogens with one attached hydrogen (secondary N) is 2. The van der Waals surface area contributed by atoms with Gasteiger partial charge in [-0.1, -0.05) is 31.7 Å². The van der Waals surface area contributed by atoms with Crippen molar-refractivity contribution in [2.24, 2.45) is 0 Å². The second-order valence-corrected chi connectivity index (χ2v) is 5.96. The van der Waals surface area contributed by atoms with E-state index in [0.717, 1.165) is 24.3 Å². The molecule has 1 saturated carbocycles. The van der Waals surface area contributed by atoms with Gasteiger partial charge in [0.2, 0.25) is 5.95 Å². The Bertz CT molecular complexity index is 569. The minimum atomic E-state index is 0.700. The molecule has 1 aliphatic carbocycles. The fourth-order valence-corrected chi connectivity index (χ4v) is 3.05. The van der Waals surface area contributed by atoms with Crippen molar-refractivity contribution in [3.63, 3.8) is 0 Å². The van der Waals surface area contributed by atoms with Crippen LogP contribution in [0.4, 0.5) is 5.95 Å². The Morgan fingerprint density at radius 1 is 1.19 bits per heavy atom. The van der Waals surface area contributed by atoms with Crippen LogP contribution in [0.15, 0.2) is 18.3 Å². The van der Waals surface area contributed by atoms with Crippen molar-refractivity contribution in [3.05, 3.63) is 23.9 Å². The van der Waals surface area contributed by atoms with E-state index in [4.69, 9.17) is 0 Å². The van der Waals surface area contributed by atoms with Crippen molar-refractivity contribution < 1.29 is 0 Å². The zero-order valence-electron chi connectivity index (χ0n) is 12.8. The van der Waals surface area contributed by atoms with Crippen LogP contribution in [0.3, 0.4) is 0 Å². The third-order valence-electron chi connectivity index (χ3n) is 4.25. The molecule has 2 heterocycles. The average molecular weight is 287 g/mol. The SMILES string of the molecule is Cc1cccn2nc(NCCNC3CCCCCC3)nc12. The Hall–Kier alpha value is -1.62. The van der Waals surface area contributed by atoms with Gasteiger partial charge in [-0.05, 0) is 31.4 Å². The van der Waals surface area contributed by atoms with Crippen LogP contribution in [0.5, 0.6) is 0 Å². The van der Waals surface area contributed by atoms with Gasteiger partial charge in [-0.3, -0.25) is 0 Å². The fourth-order valence-electron chi connectivity index (χ4n) is 3.05. The Kier molecular flexibility index (Phi) is 4.70. The number of pyridine rings is 1. The van der Waals surface area contributed by atoms with Gasteiger partial charge in [-0.15, -0.1) is 5.10 Å². The van der Waals surface area contributed by atoms with E-state index < -0.39 is 0 Å². The van der Waals surface area contributed by atoms with E-state index in [-0.39, 0.29) is 0 Å². The number of nitrogens with zero attached hydrogens (tertiary/aromatic N) is 3. The van der Waals surface area contributed by atoms with E-state index in [1.54, 1.807) is 0 Å². The molecule has 5 heteroatoms. The van der Waals surface area contributed by atoms with E-state index >= 15 is 0 Å². The molecule has 0 spiro atoms. The molecule has 1 aliphatic rings. The van der Waals surface area contributed by atoms with Crippen LogP contribution >= 0.6 is 0 Å². The summed E-state index contributed by atoms with van der Waals surface area (Å²) in [4.78, 5) is 4.52. The summed E-state index contributed by atoms with van der Waals surface area (Å²) in [5, 5.41) is 11.4. The molecule has 0 bridgehead atoms. The van der Waals surface area contributed by atoms with Crippen molar-refractivity contribution in [1.29, 1.82) is 0 Å². The molecule has 3 rings (SSSR count). The van der Waals surface area contributed by atoms with Crippen LogP contribution in [0.25, 0.3) is 5.65 Å². The molecule has 2 aromatic heterocycles. The van der Waals surface area contributed by atoms with Crippen LogP contribution in [-0.2, 0) is 0 Å². The maximum absolute atomic E-state index is 4.52. The summed E-state index contributed by atoms with van der Waals surface area (Å²) in [5.41, 5.74) is 2.08. The van der Waals surface area contributed by atoms with Crippen LogP contribution < -0.4 is 10.6 Å². The number of aryl methyl sites for hydroxylation is 1. The molecule has 0 amide bonds. The fraction of sp³-hybridized carbons (Fsp3) is 0.625. The summed E-state index contributed by atoms with van der Waals surface area (Å²) in [6, 6.07) is 4.75. The molecule has 5 nitrogen and oxygen atoms in total. The van der Waals surface area contributed by atoms with Crippen LogP contribution in [-0.4, -0.2) is 33.7 Å². The molecule has 21 heavy (non-hydrogen) atoms. The Balaban J connectivity index is 1.47. The summed E-state index contributed by atoms with van der Waals surface area (Å²) >= 11 is 0. The molecule has 0 saturated heterocycles. The summed E-state index contributed by atoms with van der Waals surface area (Å²) in [6.07, 6.45) is 10.1. The molecule has 2 aromatic rings. The molecule has 0 atom stereocenters. The quantitative estimate of drug-likeness (QED) is 0.656. The standard InChI is InChI=1S/C16H25N5/c1-13-7-6-12-21-15(13)19-16(20-21)18-11-10-17-14-8-4-2-3-5-9-14/h6-7,12,14,17H,2-5,8-11H2,1H3,(H,18,20). The van der Waals surface area contributed by atoms with Gasteiger partial charge in [0.25, 0.3) is 0 Å². The van der Waals surface area contributed by atoms with Gasteiger partial charge in [-0.2, -0.15) is 4.98 Å². The maximum atomic E-state index is 4.52. The lowest BCUT2D eigenvalue weighted by molar-refractivity contribution is 0.468. The zero-order chi connectivity index (χ0) is 14.5. The number of aromatic nitrogens is 3. The molecule has 0 aromatic carbocycles. The Labute approximate surface area is 126 Å². The highest BCUT2D eigenvalue weighted by Gasteiger charge is 2.11.